The molecule has 0 bridgehead atoms. The van der Waals surface area contributed by atoms with E-state index in [0.717, 1.165) is 25.7 Å². The Morgan fingerprint density at radius 1 is 1.44 bits per heavy atom. The number of carbonyl (C=O) groups is 1. The number of urea groups is 1. The van der Waals surface area contributed by atoms with Crippen LogP contribution in [0, 0.1) is 5.92 Å². The highest BCUT2D eigenvalue weighted by Gasteiger charge is 2.23. The summed E-state index contributed by atoms with van der Waals surface area (Å²) in [6.07, 6.45) is 6.64. The molecule has 6 heteroatoms. The average Bonchev–Trinajstić information content (AvgIpc) is 2.39. The number of nitrogens with one attached hydrogen (secondary N) is 2. The van der Waals surface area contributed by atoms with Crippen LogP contribution in [-0.4, -0.2) is 33.8 Å². The summed E-state index contributed by atoms with van der Waals surface area (Å²) >= 11 is 0. The molecular formula is C12H18N4O2. The van der Waals surface area contributed by atoms with Crippen LogP contribution in [0.1, 0.15) is 25.7 Å². The van der Waals surface area contributed by atoms with Gasteiger partial charge in [0.25, 0.3) is 0 Å². The maximum Gasteiger partial charge on any atom is 0.320 e. The van der Waals surface area contributed by atoms with Gasteiger partial charge in [-0.2, -0.15) is 0 Å². The number of aliphatic hydroxyl groups is 1. The van der Waals surface area contributed by atoms with Gasteiger partial charge in [0.1, 0.15) is 12.1 Å². The zero-order valence-electron chi connectivity index (χ0n) is 10.2. The third-order valence-corrected chi connectivity index (χ3v) is 3.22. The Morgan fingerprint density at radius 2 is 2.28 bits per heavy atom. The fraction of sp³-hybridized carbons (Fsp3) is 0.583. The molecule has 2 rings (SSSR count). The van der Waals surface area contributed by atoms with Crippen LogP contribution in [0.15, 0.2) is 18.6 Å². The molecule has 1 aromatic heterocycles. The minimum atomic E-state index is -0.300. The van der Waals surface area contributed by atoms with Crippen LogP contribution in [0.4, 0.5) is 10.6 Å². The van der Waals surface area contributed by atoms with Gasteiger partial charge in [-0.1, -0.05) is 12.8 Å². The lowest BCUT2D eigenvalue weighted by atomic mass is 9.86. The van der Waals surface area contributed by atoms with Crippen LogP contribution < -0.4 is 10.6 Å². The fourth-order valence-electron chi connectivity index (χ4n) is 2.18. The normalized spacial score (nSPS) is 23.4. The smallest absolute Gasteiger partial charge is 0.320 e. The van der Waals surface area contributed by atoms with Crippen LogP contribution in [0.25, 0.3) is 0 Å². The molecule has 0 aromatic carbocycles. The molecule has 0 unspecified atom stereocenters. The maximum atomic E-state index is 11.6. The molecule has 0 radical (unpaired) electrons. The van der Waals surface area contributed by atoms with Crippen LogP contribution >= 0.6 is 0 Å². The van der Waals surface area contributed by atoms with E-state index in [-0.39, 0.29) is 18.1 Å². The number of rotatable bonds is 3. The fourth-order valence-corrected chi connectivity index (χ4v) is 2.18. The standard InChI is InChI=1S/C12H18N4O2/c17-10-4-2-1-3-9(10)7-14-12(18)16-11-5-6-13-8-15-11/h5-6,8-10,17H,1-4,7H2,(H2,13,14,15,16,18)/t9-,10+/m1/s1. The predicted molar refractivity (Wildman–Crippen MR) is 67.0 cm³/mol. The number of carbonyl (C=O) groups excluding carboxylic acids is 1. The average molecular weight is 250 g/mol. The monoisotopic (exact) mass is 250 g/mol. The van der Waals surface area contributed by atoms with E-state index in [0.29, 0.717) is 12.4 Å². The van der Waals surface area contributed by atoms with E-state index < -0.39 is 0 Å². The molecule has 18 heavy (non-hydrogen) atoms. The molecule has 1 aromatic rings. The number of nitrogens with zero attached hydrogens (tertiary/aromatic N) is 2. The van der Waals surface area contributed by atoms with Crippen molar-refractivity contribution in [2.24, 2.45) is 5.92 Å². The van der Waals surface area contributed by atoms with E-state index in [2.05, 4.69) is 20.6 Å². The summed E-state index contributed by atoms with van der Waals surface area (Å²) in [5, 5.41) is 15.2. The van der Waals surface area contributed by atoms with Gasteiger partial charge in [-0.15, -0.1) is 0 Å². The highest BCUT2D eigenvalue weighted by molar-refractivity contribution is 5.88. The van der Waals surface area contributed by atoms with E-state index in [1.807, 2.05) is 0 Å². The zero-order valence-corrected chi connectivity index (χ0v) is 10.2. The Balaban J connectivity index is 1.74. The van der Waals surface area contributed by atoms with Crippen molar-refractivity contribution < 1.29 is 9.90 Å². The molecule has 3 N–H and O–H groups in total. The first-order chi connectivity index (χ1) is 8.75. The van der Waals surface area contributed by atoms with Crippen molar-refractivity contribution in [3.8, 4) is 0 Å². The van der Waals surface area contributed by atoms with Gasteiger partial charge >= 0.3 is 6.03 Å². The molecule has 2 atom stereocenters. The van der Waals surface area contributed by atoms with E-state index >= 15 is 0 Å². The number of aromatic nitrogens is 2. The zero-order chi connectivity index (χ0) is 12.8. The van der Waals surface area contributed by atoms with Crippen molar-refractivity contribution in [3.05, 3.63) is 18.6 Å². The minimum Gasteiger partial charge on any atom is -0.393 e. The molecule has 0 spiro atoms. The Hall–Kier alpha value is -1.69. The largest absolute Gasteiger partial charge is 0.393 e. The summed E-state index contributed by atoms with van der Waals surface area (Å²) in [6.45, 7) is 0.498. The summed E-state index contributed by atoms with van der Waals surface area (Å²) in [5.41, 5.74) is 0. The molecule has 0 saturated heterocycles. The number of amides is 2. The lowest BCUT2D eigenvalue weighted by Gasteiger charge is -2.27. The number of anilines is 1. The number of hydrogen-bond acceptors (Lipinski definition) is 4. The van der Waals surface area contributed by atoms with Gasteiger partial charge < -0.3 is 10.4 Å². The van der Waals surface area contributed by atoms with E-state index in [1.165, 1.54) is 6.33 Å². The van der Waals surface area contributed by atoms with Gasteiger partial charge in [0, 0.05) is 18.7 Å². The molecule has 1 aliphatic carbocycles. The highest BCUT2D eigenvalue weighted by atomic mass is 16.3. The SMILES string of the molecule is O=C(NC[C@H]1CCCC[C@@H]1O)Nc1ccncn1. The molecule has 1 fully saturated rings. The van der Waals surface area contributed by atoms with Crippen molar-refractivity contribution >= 4 is 11.8 Å². The Labute approximate surface area is 106 Å². The first-order valence-corrected chi connectivity index (χ1v) is 6.24. The summed E-state index contributed by atoms with van der Waals surface area (Å²) in [5.74, 6) is 0.626. The van der Waals surface area contributed by atoms with Gasteiger partial charge in [0.2, 0.25) is 0 Å². The van der Waals surface area contributed by atoms with Gasteiger partial charge in [-0.05, 0) is 18.9 Å². The van der Waals surface area contributed by atoms with Gasteiger partial charge in [0.15, 0.2) is 0 Å². The third kappa shape index (κ3) is 3.66. The van der Waals surface area contributed by atoms with Crippen LogP contribution in [0.3, 0.4) is 0 Å². The Bertz CT molecular complexity index is 385. The summed E-state index contributed by atoms with van der Waals surface area (Å²) in [6, 6.07) is 1.32. The lowest BCUT2D eigenvalue weighted by molar-refractivity contribution is 0.0711. The van der Waals surface area contributed by atoms with Crippen molar-refractivity contribution in [1.82, 2.24) is 15.3 Å². The summed E-state index contributed by atoms with van der Waals surface area (Å²) < 4.78 is 0. The van der Waals surface area contributed by atoms with Gasteiger partial charge in [0.05, 0.1) is 6.10 Å². The van der Waals surface area contributed by atoms with E-state index in [4.69, 9.17) is 0 Å². The maximum absolute atomic E-state index is 11.6. The van der Waals surface area contributed by atoms with Gasteiger partial charge in [-0.3, -0.25) is 5.32 Å². The van der Waals surface area contributed by atoms with Crippen LogP contribution in [0.5, 0.6) is 0 Å². The molecule has 0 aliphatic heterocycles. The van der Waals surface area contributed by atoms with Crippen molar-refractivity contribution in [1.29, 1.82) is 0 Å². The molecule has 98 valence electrons. The highest BCUT2D eigenvalue weighted by Crippen LogP contribution is 2.23. The van der Waals surface area contributed by atoms with E-state index in [9.17, 15) is 9.90 Å². The van der Waals surface area contributed by atoms with Gasteiger partial charge in [-0.25, -0.2) is 14.8 Å². The second-order valence-corrected chi connectivity index (χ2v) is 4.54. The molecule has 6 nitrogen and oxygen atoms in total. The molecular weight excluding hydrogens is 232 g/mol. The quantitative estimate of drug-likeness (QED) is 0.751. The van der Waals surface area contributed by atoms with Crippen molar-refractivity contribution in [2.75, 3.05) is 11.9 Å². The Kier molecular flexibility index (Phi) is 4.46. The predicted octanol–water partition coefficient (Wildman–Crippen LogP) is 1.15. The number of hydrogen-bond donors (Lipinski definition) is 3. The lowest BCUT2D eigenvalue weighted by Crippen LogP contribution is -2.38. The molecule has 1 aliphatic rings. The molecule has 2 amide bonds. The van der Waals surface area contributed by atoms with Crippen molar-refractivity contribution in [2.45, 2.75) is 31.8 Å². The second kappa shape index (κ2) is 6.30. The minimum absolute atomic E-state index is 0.162. The Morgan fingerprint density at radius 3 is 3.00 bits per heavy atom. The first kappa shape index (κ1) is 12.8. The number of aliphatic hydroxyl groups excluding tert-OH is 1. The summed E-state index contributed by atoms with van der Waals surface area (Å²) in [7, 11) is 0. The topological polar surface area (TPSA) is 87.1 Å². The molecule has 1 saturated carbocycles. The third-order valence-electron chi connectivity index (χ3n) is 3.22. The second-order valence-electron chi connectivity index (χ2n) is 4.54. The van der Waals surface area contributed by atoms with E-state index in [1.54, 1.807) is 12.3 Å². The summed E-state index contributed by atoms with van der Waals surface area (Å²) in [4.78, 5) is 19.3. The van der Waals surface area contributed by atoms with Crippen LogP contribution in [-0.2, 0) is 0 Å². The first-order valence-electron chi connectivity index (χ1n) is 6.24. The van der Waals surface area contributed by atoms with Crippen LogP contribution in [0.2, 0.25) is 0 Å². The van der Waals surface area contributed by atoms with Crippen molar-refractivity contribution in [3.63, 3.8) is 0 Å². The molecule has 1 heterocycles.